The number of hydrogen-bond donors (Lipinski definition) is 2. The summed E-state index contributed by atoms with van der Waals surface area (Å²) in [4.78, 5) is 0. The molecule has 0 saturated carbocycles. The second kappa shape index (κ2) is 5.12. The zero-order chi connectivity index (χ0) is 7.28. The van der Waals surface area contributed by atoms with Crippen LogP contribution in [0.2, 0.25) is 0 Å². The molecule has 0 rings (SSSR count). The minimum absolute atomic E-state index is 0.384. The van der Waals surface area contributed by atoms with Crippen LogP contribution in [0.3, 0.4) is 0 Å². The highest BCUT2D eigenvalue weighted by molar-refractivity contribution is 7.80. The molecular weight excluding hydrogens is 130 g/mol. The van der Waals surface area contributed by atoms with E-state index in [2.05, 4.69) is 38.7 Å². The number of thiol groups is 1. The Labute approximate surface area is 63.6 Å². The highest BCUT2D eigenvalue weighted by Gasteiger charge is 2.00. The van der Waals surface area contributed by atoms with Crippen LogP contribution in [-0.2, 0) is 0 Å². The van der Waals surface area contributed by atoms with E-state index in [1.54, 1.807) is 0 Å². The smallest absolute Gasteiger partial charge is 0.0504 e. The highest BCUT2D eigenvalue weighted by Crippen LogP contribution is 2.00. The number of rotatable bonds is 4. The third-order valence-electron chi connectivity index (χ3n) is 1.09. The lowest BCUT2D eigenvalue weighted by atomic mass is 10.3. The van der Waals surface area contributed by atoms with Crippen molar-refractivity contribution >= 4 is 12.6 Å². The molecule has 0 saturated heterocycles. The molecular formula is C7H17NS. The van der Waals surface area contributed by atoms with Crippen molar-refractivity contribution in [3.8, 4) is 0 Å². The van der Waals surface area contributed by atoms with Gasteiger partial charge in [-0.3, -0.25) is 0 Å². The van der Waals surface area contributed by atoms with Crippen molar-refractivity contribution in [1.29, 1.82) is 0 Å². The predicted molar refractivity (Wildman–Crippen MR) is 46.0 cm³/mol. The van der Waals surface area contributed by atoms with Crippen LogP contribution in [-0.4, -0.2) is 11.4 Å². The summed E-state index contributed by atoms with van der Waals surface area (Å²) >= 11 is 4.34. The quantitative estimate of drug-likeness (QED) is 0.458. The maximum atomic E-state index is 4.34. The van der Waals surface area contributed by atoms with Crippen molar-refractivity contribution < 1.29 is 0 Å². The molecule has 1 nitrogen and oxygen atoms in total. The van der Waals surface area contributed by atoms with Crippen LogP contribution in [0, 0.1) is 0 Å². The van der Waals surface area contributed by atoms with Crippen molar-refractivity contribution in [2.45, 2.75) is 45.0 Å². The van der Waals surface area contributed by atoms with E-state index >= 15 is 0 Å². The molecule has 0 radical (unpaired) electrons. The first-order valence-electron chi connectivity index (χ1n) is 3.61. The predicted octanol–water partition coefficient (Wildman–Crippen LogP) is 2.04. The summed E-state index contributed by atoms with van der Waals surface area (Å²) < 4.78 is 0. The Morgan fingerprint density at radius 2 is 2.00 bits per heavy atom. The molecule has 0 aliphatic heterocycles. The van der Waals surface area contributed by atoms with Gasteiger partial charge in [0, 0.05) is 6.04 Å². The SMILES string of the molecule is CCCC(S)NC(C)C. The fraction of sp³-hybridized carbons (Fsp3) is 1.00. The summed E-state index contributed by atoms with van der Waals surface area (Å²) in [5.41, 5.74) is 0. The topological polar surface area (TPSA) is 12.0 Å². The average Bonchev–Trinajstić information content (AvgIpc) is 1.63. The molecule has 0 heterocycles. The molecule has 0 amide bonds. The Kier molecular flexibility index (Phi) is 5.30. The molecule has 1 N–H and O–H groups in total. The molecule has 2 heteroatoms. The third-order valence-corrected chi connectivity index (χ3v) is 1.50. The minimum atomic E-state index is 0.384. The Morgan fingerprint density at radius 1 is 1.44 bits per heavy atom. The molecule has 0 aliphatic rings. The Balaban J connectivity index is 3.15. The van der Waals surface area contributed by atoms with Crippen LogP contribution in [0.15, 0.2) is 0 Å². The van der Waals surface area contributed by atoms with E-state index < -0.39 is 0 Å². The molecule has 0 aromatic heterocycles. The lowest BCUT2D eigenvalue weighted by Gasteiger charge is -2.14. The van der Waals surface area contributed by atoms with Crippen molar-refractivity contribution in [1.82, 2.24) is 5.32 Å². The molecule has 1 atom stereocenters. The van der Waals surface area contributed by atoms with Gasteiger partial charge in [-0.15, -0.1) is 0 Å². The molecule has 0 aromatic carbocycles. The Morgan fingerprint density at radius 3 is 2.33 bits per heavy atom. The van der Waals surface area contributed by atoms with E-state index in [4.69, 9.17) is 0 Å². The van der Waals surface area contributed by atoms with E-state index in [0.29, 0.717) is 11.4 Å². The summed E-state index contributed by atoms with van der Waals surface area (Å²) in [6.45, 7) is 6.45. The van der Waals surface area contributed by atoms with Gasteiger partial charge in [-0.05, 0) is 20.3 Å². The van der Waals surface area contributed by atoms with Crippen LogP contribution in [0.25, 0.3) is 0 Å². The maximum absolute atomic E-state index is 4.34. The normalized spacial score (nSPS) is 14.3. The number of hydrogen-bond acceptors (Lipinski definition) is 2. The first-order chi connectivity index (χ1) is 4.16. The largest absolute Gasteiger partial charge is 0.303 e. The molecule has 9 heavy (non-hydrogen) atoms. The van der Waals surface area contributed by atoms with Gasteiger partial charge in [-0.25, -0.2) is 0 Å². The van der Waals surface area contributed by atoms with Gasteiger partial charge in [0.05, 0.1) is 5.37 Å². The molecule has 56 valence electrons. The summed E-state index contributed by atoms with van der Waals surface area (Å²) in [6.07, 6.45) is 2.36. The van der Waals surface area contributed by atoms with E-state index in [0.717, 1.165) is 6.42 Å². The summed E-state index contributed by atoms with van der Waals surface area (Å²) in [7, 11) is 0. The second-order valence-corrected chi connectivity index (χ2v) is 3.25. The zero-order valence-corrected chi connectivity index (χ0v) is 7.41. The van der Waals surface area contributed by atoms with Crippen molar-refractivity contribution in [3.05, 3.63) is 0 Å². The molecule has 0 aromatic rings. The van der Waals surface area contributed by atoms with Crippen LogP contribution < -0.4 is 5.32 Å². The lowest BCUT2D eigenvalue weighted by molar-refractivity contribution is 0.538. The third kappa shape index (κ3) is 6.19. The first kappa shape index (κ1) is 9.31. The van der Waals surface area contributed by atoms with Crippen molar-refractivity contribution in [2.24, 2.45) is 0 Å². The zero-order valence-electron chi connectivity index (χ0n) is 6.52. The standard InChI is InChI=1S/C7H17NS/c1-4-5-7(9)8-6(2)3/h6-9H,4-5H2,1-3H3. The first-order valence-corrected chi connectivity index (χ1v) is 4.12. The Hall–Kier alpha value is 0.310. The van der Waals surface area contributed by atoms with Gasteiger partial charge in [0.1, 0.15) is 0 Å². The molecule has 0 spiro atoms. The lowest BCUT2D eigenvalue weighted by Crippen LogP contribution is -2.30. The van der Waals surface area contributed by atoms with Gasteiger partial charge in [-0.1, -0.05) is 13.3 Å². The van der Waals surface area contributed by atoms with Gasteiger partial charge in [-0.2, -0.15) is 12.6 Å². The average molecular weight is 147 g/mol. The van der Waals surface area contributed by atoms with Crippen molar-refractivity contribution in [2.75, 3.05) is 0 Å². The molecule has 1 unspecified atom stereocenters. The molecule has 0 fully saturated rings. The second-order valence-electron chi connectivity index (χ2n) is 2.63. The van der Waals surface area contributed by atoms with E-state index in [1.165, 1.54) is 6.42 Å². The summed E-state index contributed by atoms with van der Waals surface area (Å²) in [5.74, 6) is 0. The summed E-state index contributed by atoms with van der Waals surface area (Å²) in [6, 6.07) is 0.555. The molecule has 0 bridgehead atoms. The Bertz CT molecular complexity index is 63.9. The van der Waals surface area contributed by atoms with Gasteiger partial charge in [0.25, 0.3) is 0 Å². The van der Waals surface area contributed by atoms with E-state index in [-0.39, 0.29) is 0 Å². The maximum Gasteiger partial charge on any atom is 0.0504 e. The van der Waals surface area contributed by atoms with Crippen LogP contribution >= 0.6 is 12.6 Å². The number of nitrogens with one attached hydrogen (secondary N) is 1. The van der Waals surface area contributed by atoms with Crippen molar-refractivity contribution in [3.63, 3.8) is 0 Å². The summed E-state index contributed by atoms with van der Waals surface area (Å²) in [5, 5.41) is 3.69. The van der Waals surface area contributed by atoms with Gasteiger partial charge in [0.2, 0.25) is 0 Å². The van der Waals surface area contributed by atoms with Crippen LogP contribution in [0.4, 0.5) is 0 Å². The van der Waals surface area contributed by atoms with Gasteiger partial charge >= 0.3 is 0 Å². The monoisotopic (exact) mass is 147 g/mol. The van der Waals surface area contributed by atoms with Gasteiger partial charge < -0.3 is 5.32 Å². The van der Waals surface area contributed by atoms with Crippen LogP contribution in [0.1, 0.15) is 33.6 Å². The van der Waals surface area contributed by atoms with Crippen LogP contribution in [0.5, 0.6) is 0 Å². The van der Waals surface area contributed by atoms with E-state index in [9.17, 15) is 0 Å². The fourth-order valence-corrected chi connectivity index (χ4v) is 1.30. The van der Waals surface area contributed by atoms with E-state index in [1.807, 2.05) is 0 Å². The van der Waals surface area contributed by atoms with Gasteiger partial charge in [0.15, 0.2) is 0 Å². The minimum Gasteiger partial charge on any atom is -0.303 e. The fourth-order valence-electron chi connectivity index (χ4n) is 0.742. The molecule has 0 aliphatic carbocycles. The highest BCUT2D eigenvalue weighted by atomic mass is 32.1.